The minimum atomic E-state index is -0.108. The molecule has 0 rings (SSSR count). The monoisotopic (exact) mass is 202 g/mol. The number of hydrogen-bond donors (Lipinski definition) is 1. The first kappa shape index (κ1) is 13.4. The number of hydrogen-bond acceptors (Lipinski definition) is 3. The maximum Gasteiger partial charge on any atom is 0.248 e. The Bertz CT molecular complexity index is 181. The second-order valence-electron chi connectivity index (χ2n) is 3.96. The number of nitrogens with two attached hydrogens (primary N) is 1. The minimum Gasteiger partial charge on any atom is -0.370 e. The lowest BCUT2D eigenvalue weighted by Crippen LogP contribution is -2.46. The van der Waals surface area contributed by atoms with Crippen LogP contribution < -0.4 is 5.73 Å². The van der Waals surface area contributed by atoms with E-state index in [0.29, 0.717) is 13.2 Å². The molecule has 14 heavy (non-hydrogen) atoms. The van der Waals surface area contributed by atoms with Crippen molar-refractivity contribution in [1.82, 2.24) is 4.90 Å². The van der Waals surface area contributed by atoms with Crippen molar-refractivity contribution in [3.8, 4) is 0 Å². The van der Waals surface area contributed by atoms with Crippen molar-refractivity contribution in [3.05, 3.63) is 0 Å². The van der Waals surface area contributed by atoms with Gasteiger partial charge in [0.1, 0.15) is 6.61 Å². The van der Waals surface area contributed by atoms with Crippen LogP contribution in [-0.2, 0) is 9.53 Å². The second kappa shape index (κ2) is 5.98. The van der Waals surface area contributed by atoms with Gasteiger partial charge in [-0.25, -0.2) is 0 Å². The Hall–Kier alpha value is -0.610. The predicted octanol–water partition coefficient (Wildman–Crippen LogP) is 0.609. The van der Waals surface area contributed by atoms with E-state index in [0.717, 1.165) is 6.42 Å². The minimum absolute atomic E-state index is 0.00491. The molecule has 0 aliphatic rings. The molecule has 4 nitrogen and oxygen atoms in total. The molecule has 0 aromatic rings. The average Bonchev–Trinajstić information content (AvgIpc) is 2.17. The molecule has 1 amide bonds. The fourth-order valence-corrected chi connectivity index (χ4v) is 0.914. The van der Waals surface area contributed by atoms with Crippen LogP contribution in [0.3, 0.4) is 0 Å². The van der Waals surface area contributed by atoms with Gasteiger partial charge in [-0.05, 0) is 20.3 Å². The Kier molecular flexibility index (Phi) is 5.72. The number of rotatable bonds is 6. The van der Waals surface area contributed by atoms with Crippen LogP contribution >= 0.6 is 0 Å². The van der Waals surface area contributed by atoms with Crippen LogP contribution in [0, 0.1) is 0 Å². The molecule has 0 saturated carbocycles. The van der Waals surface area contributed by atoms with E-state index in [2.05, 4.69) is 6.92 Å². The third kappa shape index (κ3) is 4.07. The molecule has 84 valence electrons. The molecule has 0 unspecified atom stereocenters. The van der Waals surface area contributed by atoms with Crippen LogP contribution in [0.15, 0.2) is 0 Å². The summed E-state index contributed by atoms with van der Waals surface area (Å²) in [5.41, 5.74) is 5.14. The standard InChI is InChI=1S/C10H22N2O2/c1-5-10(2,3)12(4)9(13)8-14-7-6-11/h5-8,11H2,1-4H3. The summed E-state index contributed by atoms with van der Waals surface area (Å²) < 4.78 is 5.09. The van der Waals surface area contributed by atoms with Gasteiger partial charge in [-0.2, -0.15) is 0 Å². The summed E-state index contributed by atoms with van der Waals surface area (Å²) in [5, 5.41) is 0. The summed E-state index contributed by atoms with van der Waals surface area (Å²) >= 11 is 0. The molecule has 0 aliphatic heterocycles. The maximum atomic E-state index is 11.6. The Morgan fingerprint density at radius 2 is 2.07 bits per heavy atom. The summed E-state index contributed by atoms with van der Waals surface area (Å²) in [7, 11) is 1.80. The molecule has 0 saturated heterocycles. The molecule has 0 spiro atoms. The Morgan fingerprint density at radius 1 is 1.50 bits per heavy atom. The number of carbonyl (C=O) groups excluding carboxylic acids is 1. The topological polar surface area (TPSA) is 55.6 Å². The second-order valence-corrected chi connectivity index (χ2v) is 3.96. The molecular weight excluding hydrogens is 180 g/mol. The van der Waals surface area contributed by atoms with E-state index < -0.39 is 0 Å². The number of ether oxygens (including phenoxy) is 1. The van der Waals surface area contributed by atoms with Gasteiger partial charge in [0.15, 0.2) is 0 Å². The third-order valence-corrected chi connectivity index (χ3v) is 2.64. The van der Waals surface area contributed by atoms with Crippen LogP contribution in [0.2, 0.25) is 0 Å². The first-order valence-electron chi connectivity index (χ1n) is 5.00. The summed E-state index contributed by atoms with van der Waals surface area (Å²) in [5.74, 6) is 0.00491. The molecule has 0 bridgehead atoms. The van der Waals surface area contributed by atoms with E-state index in [9.17, 15) is 4.79 Å². The number of likely N-dealkylation sites (N-methyl/N-ethyl adjacent to an activating group) is 1. The van der Waals surface area contributed by atoms with E-state index in [1.165, 1.54) is 0 Å². The lowest BCUT2D eigenvalue weighted by Gasteiger charge is -2.34. The van der Waals surface area contributed by atoms with Gasteiger partial charge in [0.2, 0.25) is 5.91 Å². The first-order valence-corrected chi connectivity index (χ1v) is 5.00. The van der Waals surface area contributed by atoms with Gasteiger partial charge in [0.05, 0.1) is 6.61 Å². The summed E-state index contributed by atoms with van der Waals surface area (Å²) in [6.45, 7) is 7.14. The van der Waals surface area contributed by atoms with E-state index in [4.69, 9.17) is 10.5 Å². The highest BCUT2D eigenvalue weighted by molar-refractivity contribution is 5.77. The van der Waals surface area contributed by atoms with Gasteiger partial charge < -0.3 is 15.4 Å². The number of amides is 1. The van der Waals surface area contributed by atoms with Gasteiger partial charge >= 0.3 is 0 Å². The fourth-order valence-electron chi connectivity index (χ4n) is 0.914. The van der Waals surface area contributed by atoms with E-state index in [1.807, 2.05) is 13.8 Å². The van der Waals surface area contributed by atoms with Crippen LogP contribution in [0.4, 0.5) is 0 Å². The Morgan fingerprint density at radius 3 is 2.50 bits per heavy atom. The van der Waals surface area contributed by atoms with Gasteiger partial charge in [-0.15, -0.1) is 0 Å². The van der Waals surface area contributed by atoms with Crippen molar-refractivity contribution in [2.45, 2.75) is 32.7 Å². The third-order valence-electron chi connectivity index (χ3n) is 2.64. The van der Waals surface area contributed by atoms with Gasteiger partial charge in [0.25, 0.3) is 0 Å². The van der Waals surface area contributed by atoms with E-state index in [-0.39, 0.29) is 18.1 Å². The van der Waals surface area contributed by atoms with Crippen molar-refractivity contribution in [2.24, 2.45) is 5.73 Å². The summed E-state index contributed by atoms with van der Waals surface area (Å²) in [4.78, 5) is 13.3. The largest absolute Gasteiger partial charge is 0.370 e. The molecule has 4 heteroatoms. The molecule has 0 aromatic carbocycles. The lowest BCUT2D eigenvalue weighted by molar-refractivity contribution is -0.139. The zero-order chi connectivity index (χ0) is 11.2. The van der Waals surface area contributed by atoms with E-state index >= 15 is 0 Å². The molecule has 0 radical (unpaired) electrons. The van der Waals surface area contributed by atoms with Gasteiger partial charge in [-0.3, -0.25) is 4.79 Å². The lowest BCUT2D eigenvalue weighted by atomic mass is 10.00. The van der Waals surface area contributed by atoms with Crippen molar-refractivity contribution < 1.29 is 9.53 Å². The molecule has 2 N–H and O–H groups in total. The van der Waals surface area contributed by atoms with Crippen LogP contribution in [0.25, 0.3) is 0 Å². The zero-order valence-electron chi connectivity index (χ0n) is 9.67. The number of nitrogens with zero attached hydrogens (tertiary/aromatic N) is 1. The maximum absolute atomic E-state index is 11.6. The van der Waals surface area contributed by atoms with Crippen molar-refractivity contribution in [2.75, 3.05) is 26.8 Å². The van der Waals surface area contributed by atoms with Crippen LogP contribution in [0.1, 0.15) is 27.2 Å². The molecule has 0 fully saturated rings. The molecule has 0 aliphatic carbocycles. The molecular formula is C10H22N2O2. The van der Waals surface area contributed by atoms with Crippen LogP contribution in [0.5, 0.6) is 0 Å². The predicted molar refractivity (Wildman–Crippen MR) is 57.0 cm³/mol. The quantitative estimate of drug-likeness (QED) is 0.642. The van der Waals surface area contributed by atoms with Gasteiger partial charge in [-0.1, -0.05) is 6.92 Å². The molecule has 0 heterocycles. The highest BCUT2D eigenvalue weighted by Gasteiger charge is 2.25. The Balaban J connectivity index is 3.99. The Labute approximate surface area is 86.4 Å². The van der Waals surface area contributed by atoms with Crippen molar-refractivity contribution >= 4 is 5.91 Å². The molecule has 0 aromatic heterocycles. The van der Waals surface area contributed by atoms with Crippen LogP contribution in [-0.4, -0.2) is 43.2 Å². The highest BCUT2D eigenvalue weighted by atomic mass is 16.5. The SMILES string of the molecule is CCC(C)(C)N(C)C(=O)COCCN. The first-order chi connectivity index (χ1) is 6.45. The summed E-state index contributed by atoms with van der Waals surface area (Å²) in [6.07, 6.45) is 0.923. The molecule has 0 atom stereocenters. The average molecular weight is 202 g/mol. The van der Waals surface area contributed by atoms with E-state index in [1.54, 1.807) is 11.9 Å². The summed E-state index contributed by atoms with van der Waals surface area (Å²) in [6, 6.07) is 0. The smallest absolute Gasteiger partial charge is 0.248 e. The van der Waals surface area contributed by atoms with Crippen molar-refractivity contribution in [3.63, 3.8) is 0 Å². The number of carbonyl (C=O) groups is 1. The van der Waals surface area contributed by atoms with Gasteiger partial charge in [0, 0.05) is 19.1 Å². The highest BCUT2D eigenvalue weighted by Crippen LogP contribution is 2.16. The normalized spacial score (nSPS) is 11.5. The zero-order valence-corrected chi connectivity index (χ0v) is 9.67. The van der Waals surface area contributed by atoms with Crippen molar-refractivity contribution in [1.29, 1.82) is 0 Å². The fraction of sp³-hybridized carbons (Fsp3) is 0.900.